The number of fused-ring (bicyclic) bond motifs is 1. The van der Waals surface area contributed by atoms with Gasteiger partial charge in [-0.05, 0) is 44.0 Å². The molecule has 1 aromatic carbocycles. The molecular formula is C16H18N4. The Morgan fingerprint density at radius 1 is 1.15 bits per heavy atom. The topological polar surface area (TPSA) is 56.7 Å². The van der Waals surface area contributed by atoms with Crippen molar-refractivity contribution in [2.75, 3.05) is 0 Å². The first-order valence-electron chi connectivity index (χ1n) is 6.72. The van der Waals surface area contributed by atoms with Gasteiger partial charge in [-0.15, -0.1) is 0 Å². The van der Waals surface area contributed by atoms with Crippen LogP contribution in [-0.2, 0) is 6.54 Å². The van der Waals surface area contributed by atoms with Gasteiger partial charge in [-0.3, -0.25) is 4.57 Å². The molecule has 4 heteroatoms. The van der Waals surface area contributed by atoms with E-state index < -0.39 is 0 Å². The molecule has 20 heavy (non-hydrogen) atoms. The molecule has 0 fully saturated rings. The summed E-state index contributed by atoms with van der Waals surface area (Å²) < 4.78 is 2.08. The monoisotopic (exact) mass is 266 g/mol. The van der Waals surface area contributed by atoms with Gasteiger partial charge in [0.15, 0.2) is 5.65 Å². The highest BCUT2D eigenvalue weighted by Gasteiger charge is 2.15. The molecule has 3 rings (SSSR count). The standard InChI is InChI=1S/C16H18N4/c1-10-7-11(2)15(12(3)8-10)20-14(9-17)19-13-5-4-6-18-16(13)20/h4-8H,9,17H2,1-3H3. The first-order chi connectivity index (χ1) is 9.61. The molecule has 2 N–H and O–H groups in total. The molecule has 0 atom stereocenters. The molecule has 4 nitrogen and oxygen atoms in total. The van der Waals surface area contributed by atoms with Crippen molar-refractivity contribution >= 4 is 11.2 Å². The third-order valence-electron chi connectivity index (χ3n) is 3.53. The van der Waals surface area contributed by atoms with Gasteiger partial charge in [0.1, 0.15) is 11.3 Å². The van der Waals surface area contributed by atoms with Gasteiger partial charge in [0.25, 0.3) is 0 Å². The molecule has 0 aliphatic carbocycles. The van der Waals surface area contributed by atoms with E-state index in [4.69, 9.17) is 5.73 Å². The average Bonchev–Trinajstić information content (AvgIpc) is 2.76. The van der Waals surface area contributed by atoms with E-state index in [0.29, 0.717) is 6.54 Å². The lowest BCUT2D eigenvalue weighted by atomic mass is 10.0. The van der Waals surface area contributed by atoms with E-state index in [0.717, 1.165) is 22.7 Å². The van der Waals surface area contributed by atoms with Crippen molar-refractivity contribution in [1.82, 2.24) is 14.5 Å². The number of aryl methyl sites for hydroxylation is 3. The van der Waals surface area contributed by atoms with Gasteiger partial charge < -0.3 is 5.73 Å². The molecule has 2 aromatic heterocycles. The zero-order chi connectivity index (χ0) is 14.3. The molecule has 0 amide bonds. The van der Waals surface area contributed by atoms with E-state index in [9.17, 15) is 0 Å². The van der Waals surface area contributed by atoms with Crippen molar-refractivity contribution in [3.05, 3.63) is 53.0 Å². The van der Waals surface area contributed by atoms with E-state index in [1.54, 1.807) is 6.20 Å². The summed E-state index contributed by atoms with van der Waals surface area (Å²) in [4.78, 5) is 9.06. The van der Waals surface area contributed by atoms with E-state index in [1.807, 2.05) is 12.1 Å². The smallest absolute Gasteiger partial charge is 0.164 e. The summed E-state index contributed by atoms with van der Waals surface area (Å²) in [6, 6.07) is 8.22. The fourth-order valence-corrected chi connectivity index (χ4v) is 2.86. The summed E-state index contributed by atoms with van der Waals surface area (Å²) in [5.41, 5.74) is 12.4. The van der Waals surface area contributed by atoms with Gasteiger partial charge in [-0.25, -0.2) is 9.97 Å². The Labute approximate surface area is 118 Å². The predicted molar refractivity (Wildman–Crippen MR) is 81.0 cm³/mol. The van der Waals surface area contributed by atoms with E-state index in [2.05, 4.69) is 47.4 Å². The molecule has 2 heterocycles. The summed E-state index contributed by atoms with van der Waals surface area (Å²) in [6.07, 6.45) is 1.79. The Morgan fingerprint density at radius 3 is 2.50 bits per heavy atom. The lowest BCUT2D eigenvalue weighted by molar-refractivity contribution is 0.867. The quantitative estimate of drug-likeness (QED) is 0.776. The zero-order valence-corrected chi connectivity index (χ0v) is 12.0. The van der Waals surface area contributed by atoms with E-state index in [-0.39, 0.29) is 0 Å². The number of hydrogen-bond donors (Lipinski definition) is 1. The first kappa shape index (κ1) is 12.8. The average molecular weight is 266 g/mol. The van der Waals surface area contributed by atoms with E-state index >= 15 is 0 Å². The SMILES string of the molecule is Cc1cc(C)c(-n2c(CN)nc3cccnc32)c(C)c1. The lowest BCUT2D eigenvalue weighted by Gasteiger charge is -2.15. The van der Waals surface area contributed by atoms with Gasteiger partial charge in [0, 0.05) is 6.20 Å². The zero-order valence-electron chi connectivity index (χ0n) is 12.0. The Kier molecular flexibility index (Phi) is 3.03. The van der Waals surface area contributed by atoms with Crippen LogP contribution in [0.3, 0.4) is 0 Å². The van der Waals surface area contributed by atoms with Crippen molar-refractivity contribution in [2.45, 2.75) is 27.3 Å². The Balaban J connectivity index is 2.40. The summed E-state index contributed by atoms with van der Waals surface area (Å²) in [5, 5.41) is 0. The number of benzene rings is 1. The molecule has 0 unspecified atom stereocenters. The summed E-state index contributed by atoms with van der Waals surface area (Å²) >= 11 is 0. The van der Waals surface area contributed by atoms with E-state index in [1.165, 1.54) is 16.7 Å². The molecule has 0 aliphatic heterocycles. The molecule has 0 spiro atoms. The lowest BCUT2D eigenvalue weighted by Crippen LogP contribution is -2.10. The first-order valence-corrected chi connectivity index (χ1v) is 6.72. The largest absolute Gasteiger partial charge is 0.324 e. The fourth-order valence-electron chi connectivity index (χ4n) is 2.86. The highest BCUT2D eigenvalue weighted by molar-refractivity contribution is 5.75. The van der Waals surface area contributed by atoms with Crippen LogP contribution in [0.25, 0.3) is 16.9 Å². The molecule has 3 aromatic rings. The highest BCUT2D eigenvalue weighted by atomic mass is 15.1. The van der Waals surface area contributed by atoms with Crippen LogP contribution in [0, 0.1) is 20.8 Å². The van der Waals surface area contributed by atoms with Gasteiger partial charge in [0.05, 0.1) is 12.2 Å². The number of nitrogens with two attached hydrogens (primary N) is 1. The maximum Gasteiger partial charge on any atom is 0.164 e. The predicted octanol–water partition coefficient (Wildman–Crippen LogP) is 2.80. The van der Waals surface area contributed by atoms with Gasteiger partial charge in [-0.2, -0.15) is 0 Å². The summed E-state index contributed by atoms with van der Waals surface area (Å²) in [7, 11) is 0. The number of aromatic nitrogens is 3. The normalized spacial score (nSPS) is 11.2. The maximum absolute atomic E-state index is 5.87. The summed E-state index contributed by atoms with van der Waals surface area (Å²) in [6.45, 7) is 6.73. The Bertz CT molecular complexity index is 763. The molecule has 0 saturated heterocycles. The number of pyridine rings is 1. The third kappa shape index (κ3) is 1.89. The molecule has 0 bridgehead atoms. The second kappa shape index (κ2) is 4.72. The van der Waals surface area contributed by atoms with Crippen molar-refractivity contribution in [3.8, 4) is 5.69 Å². The molecule has 102 valence electrons. The van der Waals surface area contributed by atoms with Gasteiger partial charge >= 0.3 is 0 Å². The van der Waals surface area contributed by atoms with Crippen molar-refractivity contribution in [1.29, 1.82) is 0 Å². The van der Waals surface area contributed by atoms with Crippen LogP contribution in [0.5, 0.6) is 0 Å². The number of imidazole rings is 1. The van der Waals surface area contributed by atoms with Crippen molar-refractivity contribution < 1.29 is 0 Å². The van der Waals surface area contributed by atoms with Crippen LogP contribution in [0.4, 0.5) is 0 Å². The summed E-state index contributed by atoms with van der Waals surface area (Å²) in [5.74, 6) is 0.841. The molecule has 0 aliphatic rings. The van der Waals surface area contributed by atoms with Crippen LogP contribution < -0.4 is 5.73 Å². The number of hydrogen-bond acceptors (Lipinski definition) is 3. The van der Waals surface area contributed by atoms with Crippen LogP contribution in [0.2, 0.25) is 0 Å². The second-order valence-electron chi connectivity index (χ2n) is 5.16. The number of rotatable bonds is 2. The van der Waals surface area contributed by atoms with Crippen molar-refractivity contribution in [3.63, 3.8) is 0 Å². The highest BCUT2D eigenvalue weighted by Crippen LogP contribution is 2.26. The molecular weight excluding hydrogens is 248 g/mol. The fraction of sp³-hybridized carbons (Fsp3) is 0.250. The second-order valence-corrected chi connectivity index (χ2v) is 5.16. The minimum absolute atomic E-state index is 0.392. The minimum atomic E-state index is 0.392. The van der Waals surface area contributed by atoms with Crippen LogP contribution in [-0.4, -0.2) is 14.5 Å². The molecule has 0 saturated carbocycles. The van der Waals surface area contributed by atoms with Crippen LogP contribution in [0.15, 0.2) is 30.5 Å². The Morgan fingerprint density at radius 2 is 1.85 bits per heavy atom. The maximum atomic E-state index is 5.87. The third-order valence-corrected chi connectivity index (χ3v) is 3.53. The minimum Gasteiger partial charge on any atom is -0.324 e. The number of nitrogens with zero attached hydrogens (tertiary/aromatic N) is 3. The van der Waals surface area contributed by atoms with Crippen LogP contribution in [0.1, 0.15) is 22.5 Å². The van der Waals surface area contributed by atoms with Gasteiger partial charge in [-0.1, -0.05) is 17.7 Å². The Hall–Kier alpha value is -2.20. The van der Waals surface area contributed by atoms with Crippen LogP contribution >= 0.6 is 0 Å². The molecule has 0 radical (unpaired) electrons. The van der Waals surface area contributed by atoms with Crippen molar-refractivity contribution in [2.24, 2.45) is 5.73 Å². The van der Waals surface area contributed by atoms with Gasteiger partial charge in [0.2, 0.25) is 0 Å².